The predicted octanol–water partition coefficient (Wildman–Crippen LogP) is 2.79. The number of aliphatic imine (C=N–C) groups is 1. The summed E-state index contributed by atoms with van der Waals surface area (Å²) in [7, 11) is 0. The third-order valence-electron chi connectivity index (χ3n) is 5.33. The van der Waals surface area contributed by atoms with E-state index in [-0.39, 0.29) is 18.3 Å². The molecule has 0 saturated carbocycles. The van der Waals surface area contributed by atoms with Gasteiger partial charge in [-0.25, -0.2) is 9.98 Å². The average Bonchev–Trinajstić information content (AvgIpc) is 2.74. The van der Waals surface area contributed by atoms with Crippen LogP contribution in [0.5, 0.6) is 5.75 Å². The Labute approximate surface area is 183 Å². The van der Waals surface area contributed by atoms with Gasteiger partial charge >= 0.3 is 6.36 Å². The van der Waals surface area contributed by atoms with Crippen molar-refractivity contribution in [2.75, 3.05) is 29.4 Å². The van der Waals surface area contributed by atoms with E-state index in [1.165, 1.54) is 24.5 Å². The van der Waals surface area contributed by atoms with E-state index < -0.39 is 12.1 Å². The molecule has 0 bridgehead atoms. The number of rotatable bonds is 4. The smallest absolute Gasteiger partial charge is 0.403 e. The summed E-state index contributed by atoms with van der Waals surface area (Å²) in [5.41, 5.74) is 14.0. The Morgan fingerprint density at radius 1 is 1.16 bits per heavy atom. The fraction of sp³-hybridized carbons (Fsp3) is 0.381. The zero-order valence-corrected chi connectivity index (χ0v) is 17.5. The van der Waals surface area contributed by atoms with Crippen molar-refractivity contribution in [3.8, 4) is 5.75 Å². The second-order valence-electron chi connectivity index (χ2n) is 7.74. The van der Waals surface area contributed by atoms with E-state index in [0.717, 1.165) is 37.3 Å². The molecule has 0 spiro atoms. The van der Waals surface area contributed by atoms with Gasteiger partial charge in [-0.3, -0.25) is 4.98 Å². The fourth-order valence-corrected chi connectivity index (χ4v) is 3.79. The van der Waals surface area contributed by atoms with Gasteiger partial charge in [0.2, 0.25) is 0 Å². The van der Waals surface area contributed by atoms with Gasteiger partial charge < -0.3 is 26.0 Å². The Kier molecular flexibility index (Phi) is 5.92. The van der Waals surface area contributed by atoms with Crippen LogP contribution in [0, 0.1) is 6.92 Å². The maximum Gasteiger partial charge on any atom is 0.573 e. The molecule has 0 aliphatic carbocycles. The molecule has 0 aromatic carbocycles. The fourth-order valence-electron chi connectivity index (χ4n) is 3.79. The van der Waals surface area contributed by atoms with Gasteiger partial charge in [-0.1, -0.05) is 0 Å². The standard InChI is InChI=1S/C21H24F3N7O/c1-13-4-5-15(30-9-6-14(25)7-10-30)20(29-13)31-12-18(26)28-11-16(31)19-17(3-2-8-27-19)32-21(22,23)24/h2-5,8,11,14H,6-7,9-10,12,25H2,1H3,(H2,26,28). The number of nitrogens with zero attached hydrogens (tertiary/aromatic N) is 5. The van der Waals surface area contributed by atoms with Gasteiger partial charge in [0.1, 0.15) is 11.5 Å². The van der Waals surface area contributed by atoms with E-state index in [4.69, 9.17) is 16.5 Å². The molecular formula is C21H24F3N7O. The molecule has 2 aliphatic rings. The lowest BCUT2D eigenvalue weighted by Crippen LogP contribution is -2.41. The molecule has 0 amide bonds. The Hall–Kier alpha value is -3.34. The van der Waals surface area contributed by atoms with Crippen LogP contribution in [0.15, 0.2) is 41.7 Å². The van der Waals surface area contributed by atoms with Crippen molar-refractivity contribution in [1.29, 1.82) is 0 Å². The van der Waals surface area contributed by atoms with Gasteiger partial charge in [-0.2, -0.15) is 0 Å². The molecule has 0 unspecified atom stereocenters. The Balaban J connectivity index is 1.78. The number of pyridine rings is 2. The number of piperidine rings is 1. The van der Waals surface area contributed by atoms with E-state index in [2.05, 4.69) is 19.6 Å². The number of nitrogens with two attached hydrogens (primary N) is 2. The Morgan fingerprint density at radius 2 is 1.91 bits per heavy atom. The first kappa shape index (κ1) is 21.9. The number of hydrogen-bond donors (Lipinski definition) is 2. The molecule has 1 fully saturated rings. The SMILES string of the molecule is Cc1ccc(N2CCC(N)CC2)c(N2CC(N)=NC=C2c2ncccc2OC(F)(F)F)n1. The van der Waals surface area contributed by atoms with Crippen molar-refractivity contribution in [2.45, 2.75) is 32.2 Å². The number of anilines is 2. The zero-order valence-electron chi connectivity index (χ0n) is 17.5. The van der Waals surface area contributed by atoms with Crippen molar-refractivity contribution < 1.29 is 17.9 Å². The van der Waals surface area contributed by atoms with Crippen LogP contribution >= 0.6 is 0 Å². The Bertz CT molecular complexity index is 1050. The number of alkyl halides is 3. The van der Waals surface area contributed by atoms with Gasteiger partial charge in [0.25, 0.3) is 0 Å². The lowest BCUT2D eigenvalue weighted by molar-refractivity contribution is -0.274. The van der Waals surface area contributed by atoms with E-state index >= 15 is 0 Å². The van der Waals surface area contributed by atoms with Crippen molar-refractivity contribution in [3.05, 3.63) is 48.1 Å². The third-order valence-corrected chi connectivity index (χ3v) is 5.33. The molecule has 0 atom stereocenters. The minimum Gasteiger partial charge on any atom is -0.403 e. The maximum absolute atomic E-state index is 13.0. The minimum atomic E-state index is -4.86. The highest BCUT2D eigenvalue weighted by Crippen LogP contribution is 2.38. The number of hydrogen-bond acceptors (Lipinski definition) is 8. The zero-order chi connectivity index (χ0) is 22.9. The topological polar surface area (TPSA) is 106 Å². The molecule has 11 heteroatoms. The van der Waals surface area contributed by atoms with Gasteiger partial charge in [0.05, 0.1) is 24.1 Å². The molecule has 8 nitrogen and oxygen atoms in total. The first-order valence-corrected chi connectivity index (χ1v) is 10.2. The lowest BCUT2D eigenvalue weighted by atomic mass is 10.1. The van der Waals surface area contributed by atoms with Crippen LogP contribution in [0.3, 0.4) is 0 Å². The van der Waals surface area contributed by atoms with E-state index in [1.807, 2.05) is 19.1 Å². The van der Waals surface area contributed by atoms with Crippen LogP contribution in [0.1, 0.15) is 24.2 Å². The van der Waals surface area contributed by atoms with E-state index in [1.54, 1.807) is 4.90 Å². The van der Waals surface area contributed by atoms with Gasteiger partial charge in [-0.05, 0) is 44.0 Å². The monoisotopic (exact) mass is 447 g/mol. The summed E-state index contributed by atoms with van der Waals surface area (Å²) in [6, 6.07) is 6.60. The maximum atomic E-state index is 13.0. The third kappa shape index (κ3) is 4.77. The van der Waals surface area contributed by atoms with Crippen LogP contribution in [0.25, 0.3) is 5.70 Å². The average molecular weight is 447 g/mol. The van der Waals surface area contributed by atoms with E-state index in [9.17, 15) is 13.2 Å². The first-order chi connectivity index (χ1) is 15.2. The highest BCUT2D eigenvalue weighted by molar-refractivity contribution is 5.96. The molecule has 170 valence electrons. The summed E-state index contributed by atoms with van der Waals surface area (Å²) in [6.07, 6.45) is -0.396. The largest absolute Gasteiger partial charge is 0.573 e. The van der Waals surface area contributed by atoms with Gasteiger partial charge in [0.15, 0.2) is 11.6 Å². The molecule has 2 aromatic heterocycles. The van der Waals surface area contributed by atoms with Gasteiger partial charge in [-0.15, -0.1) is 13.2 Å². The van der Waals surface area contributed by atoms with Crippen LogP contribution < -0.4 is 26.0 Å². The highest BCUT2D eigenvalue weighted by atomic mass is 19.4. The molecule has 32 heavy (non-hydrogen) atoms. The summed E-state index contributed by atoms with van der Waals surface area (Å²) in [6.45, 7) is 3.50. The van der Waals surface area contributed by atoms with Crippen LogP contribution in [-0.2, 0) is 0 Å². The summed E-state index contributed by atoms with van der Waals surface area (Å²) >= 11 is 0. The number of aryl methyl sites for hydroxylation is 1. The number of halogens is 3. The van der Waals surface area contributed by atoms with Crippen LogP contribution in [0.4, 0.5) is 24.7 Å². The molecule has 1 saturated heterocycles. The second kappa shape index (κ2) is 8.65. The molecule has 2 aliphatic heterocycles. The molecule has 0 radical (unpaired) electrons. The molecule has 4 rings (SSSR count). The van der Waals surface area contributed by atoms with Gasteiger partial charge in [0, 0.05) is 31.0 Å². The van der Waals surface area contributed by atoms with Crippen molar-refractivity contribution in [2.24, 2.45) is 16.5 Å². The minimum absolute atomic E-state index is 0.00371. The summed E-state index contributed by atoms with van der Waals surface area (Å²) < 4.78 is 43.2. The highest BCUT2D eigenvalue weighted by Gasteiger charge is 2.34. The predicted molar refractivity (Wildman–Crippen MR) is 116 cm³/mol. The number of aromatic nitrogens is 2. The van der Waals surface area contributed by atoms with Crippen molar-refractivity contribution >= 4 is 23.0 Å². The summed E-state index contributed by atoms with van der Waals surface area (Å²) in [4.78, 5) is 16.9. The molecule has 4 heterocycles. The molecule has 2 aromatic rings. The van der Waals surface area contributed by atoms with E-state index in [0.29, 0.717) is 17.4 Å². The lowest BCUT2D eigenvalue weighted by Gasteiger charge is -2.36. The van der Waals surface area contributed by atoms with Crippen molar-refractivity contribution in [1.82, 2.24) is 9.97 Å². The first-order valence-electron chi connectivity index (χ1n) is 10.2. The molecule has 4 N–H and O–H groups in total. The normalized spacial score (nSPS) is 17.8. The van der Waals surface area contributed by atoms with Crippen molar-refractivity contribution in [3.63, 3.8) is 0 Å². The van der Waals surface area contributed by atoms with Crippen LogP contribution in [0.2, 0.25) is 0 Å². The summed E-state index contributed by atoms with van der Waals surface area (Å²) in [5.74, 6) is 0.441. The van der Waals surface area contributed by atoms with Crippen LogP contribution in [-0.4, -0.2) is 47.8 Å². The number of ether oxygens (including phenoxy) is 1. The quantitative estimate of drug-likeness (QED) is 0.742. The molecular weight excluding hydrogens is 423 g/mol. The summed E-state index contributed by atoms with van der Waals surface area (Å²) in [5, 5.41) is 0. The second-order valence-corrected chi connectivity index (χ2v) is 7.74. The number of amidine groups is 1. The Morgan fingerprint density at radius 3 is 2.62 bits per heavy atom.